The highest BCUT2D eigenvalue weighted by molar-refractivity contribution is 9.11. The standard InChI is InChI=1S/C8H9BrClNO2S3/c9-8-6(10)5-7(15-8)16(12,13)11-1-3-14-4-2-11/h5H,1-4H2. The second-order valence-electron chi connectivity index (χ2n) is 3.20. The van der Waals surface area contributed by atoms with Crippen LogP contribution in [0.3, 0.4) is 0 Å². The van der Waals surface area contributed by atoms with E-state index in [-0.39, 0.29) is 0 Å². The van der Waals surface area contributed by atoms with Crippen molar-refractivity contribution in [3.8, 4) is 0 Å². The van der Waals surface area contributed by atoms with Crippen LogP contribution in [0.4, 0.5) is 0 Å². The summed E-state index contributed by atoms with van der Waals surface area (Å²) >= 11 is 12.0. The quantitative estimate of drug-likeness (QED) is 0.812. The van der Waals surface area contributed by atoms with Gasteiger partial charge < -0.3 is 0 Å². The molecule has 90 valence electrons. The maximum Gasteiger partial charge on any atom is 0.252 e. The van der Waals surface area contributed by atoms with Gasteiger partial charge in [-0.3, -0.25) is 0 Å². The molecule has 1 aromatic rings. The van der Waals surface area contributed by atoms with Crippen molar-refractivity contribution in [3.63, 3.8) is 0 Å². The molecular formula is C8H9BrClNO2S3. The first-order valence-corrected chi connectivity index (χ1v) is 9.13. The van der Waals surface area contributed by atoms with Gasteiger partial charge in [0.15, 0.2) is 0 Å². The highest BCUT2D eigenvalue weighted by atomic mass is 79.9. The second kappa shape index (κ2) is 5.16. The van der Waals surface area contributed by atoms with Crippen molar-refractivity contribution in [2.75, 3.05) is 24.6 Å². The minimum atomic E-state index is -3.34. The van der Waals surface area contributed by atoms with Crippen LogP contribution in [0, 0.1) is 0 Å². The SMILES string of the molecule is O=S(=O)(c1cc(Cl)c(Br)s1)N1CCSCC1. The Bertz CT molecular complexity index is 462. The Morgan fingerprint density at radius 1 is 1.38 bits per heavy atom. The zero-order chi connectivity index (χ0) is 11.8. The summed E-state index contributed by atoms with van der Waals surface area (Å²) in [4.78, 5) is 0. The van der Waals surface area contributed by atoms with Crippen LogP contribution < -0.4 is 0 Å². The fourth-order valence-corrected chi connectivity index (χ4v) is 6.50. The van der Waals surface area contributed by atoms with Gasteiger partial charge in [-0.2, -0.15) is 16.1 Å². The monoisotopic (exact) mass is 361 g/mol. The maximum atomic E-state index is 12.2. The highest BCUT2D eigenvalue weighted by Crippen LogP contribution is 2.36. The molecule has 0 atom stereocenters. The third-order valence-corrected chi connectivity index (χ3v) is 7.95. The smallest absolute Gasteiger partial charge is 0.206 e. The number of nitrogens with zero attached hydrogens (tertiary/aromatic N) is 1. The summed E-state index contributed by atoms with van der Waals surface area (Å²) in [5.74, 6) is 1.72. The Kier molecular flexibility index (Phi) is 4.24. The number of rotatable bonds is 2. The zero-order valence-corrected chi connectivity index (χ0v) is 12.9. The van der Waals surface area contributed by atoms with Crippen LogP contribution in [0.1, 0.15) is 0 Å². The van der Waals surface area contributed by atoms with E-state index in [2.05, 4.69) is 15.9 Å². The molecule has 1 aromatic heterocycles. The van der Waals surface area contributed by atoms with Crippen molar-refractivity contribution in [1.29, 1.82) is 0 Å². The van der Waals surface area contributed by atoms with Gasteiger partial charge in [0.25, 0.3) is 10.0 Å². The number of thioether (sulfide) groups is 1. The van der Waals surface area contributed by atoms with Crippen LogP contribution in [0.25, 0.3) is 0 Å². The van der Waals surface area contributed by atoms with E-state index in [0.717, 1.165) is 22.8 Å². The van der Waals surface area contributed by atoms with Gasteiger partial charge in [-0.05, 0) is 22.0 Å². The largest absolute Gasteiger partial charge is 0.252 e. The summed E-state index contributed by atoms with van der Waals surface area (Å²) in [5, 5.41) is 0.454. The van der Waals surface area contributed by atoms with E-state index in [1.165, 1.54) is 10.4 Å². The molecule has 2 heterocycles. The van der Waals surface area contributed by atoms with Gasteiger partial charge >= 0.3 is 0 Å². The fourth-order valence-electron chi connectivity index (χ4n) is 1.37. The van der Waals surface area contributed by atoms with Gasteiger partial charge in [-0.15, -0.1) is 11.3 Å². The van der Waals surface area contributed by atoms with Crippen molar-refractivity contribution in [3.05, 3.63) is 14.9 Å². The third kappa shape index (κ3) is 2.59. The average Bonchev–Trinajstić information content (AvgIpc) is 2.61. The summed E-state index contributed by atoms with van der Waals surface area (Å²) < 4.78 is 26.9. The molecule has 1 fully saturated rings. The van der Waals surface area contributed by atoms with Gasteiger partial charge in [-0.1, -0.05) is 11.6 Å². The summed E-state index contributed by atoms with van der Waals surface area (Å²) in [6, 6.07) is 1.51. The molecule has 0 spiro atoms. The lowest BCUT2D eigenvalue weighted by molar-refractivity contribution is 0.445. The Morgan fingerprint density at radius 3 is 2.50 bits per heavy atom. The average molecular weight is 363 g/mol. The Balaban J connectivity index is 2.30. The predicted molar refractivity (Wildman–Crippen MR) is 73.1 cm³/mol. The van der Waals surface area contributed by atoms with E-state index in [0.29, 0.717) is 26.1 Å². The molecule has 0 saturated carbocycles. The highest BCUT2D eigenvalue weighted by Gasteiger charge is 2.28. The minimum Gasteiger partial charge on any atom is -0.206 e. The van der Waals surface area contributed by atoms with Crippen molar-refractivity contribution in [2.24, 2.45) is 0 Å². The normalized spacial score (nSPS) is 18.9. The zero-order valence-electron chi connectivity index (χ0n) is 8.15. The number of halogens is 2. The van der Waals surface area contributed by atoms with Gasteiger partial charge in [0.1, 0.15) is 4.21 Å². The fraction of sp³-hybridized carbons (Fsp3) is 0.500. The van der Waals surface area contributed by atoms with E-state index in [9.17, 15) is 8.42 Å². The molecule has 8 heteroatoms. The van der Waals surface area contributed by atoms with Crippen LogP contribution in [0.15, 0.2) is 14.1 Å². The first kappa shape index (κ1) is 13.2. The second-order valence-corrected chi connectivity index (χ2v) is 9.37. The lowest BCUT2D eigenvalue weighted by Crippen LogP contribution is -2.37. The van der Waals surface area contributed by atoms with Gasteiger partial charge in [0.2, 0.25) is 0 Å². The summed E-state index contributed by atoms with van der Waals surface area (Å²) in [6.45, 7) is 1.17. The molecule has 2 rings (SSSR count). The molecule has 1 aliphatic rings. The molecule has 3 nitrogen and oxygen atoms in total. The van der Waals surface area contributed by atoms with Crippen molar-refractivity contribution in [2.45, 2.75) is 4.21 Å². The maximum absolute atomic E-state index is 12.2. The molecule has 0 N–H and O–H groups in total. The van der Waals surface area contributed by atoms with E-state index in [4.69, 9.17) is 11.6 Å². The lowest BCUT2D eigenvalue weighted by Gasteiger charge is -2.24. The molecule has 0 radical (unpaired) electrons. The molecule has 1 saturated heterocycles. The number of hydrogen-bond acceptors (Lipinski definition) is 4. The third-order valence-electron chi connectivity index (χ3n) is 2.19. The topological polar surface area (TPSA) is 37.4 Å². The Morgan fingerprint density at radius 2 is 2.00 bits per heavy atom. The predicted octanol–water partition coefficient (Wildman–Crippen LogP) is 2.90. The van der Waals surface area contributed by atoms with Crippen LogP contribution in [0.5, 0.6) is 0 Å². The molecule has 0 unspecified atom stereocenters. The van der Waals surface area contributed by atoms with E-state index in [1.54, 1.807) is 11.8 Å². The molecule has 16 heavy (non-hydrogen) atoms. The van der Waals surface area contributed by atoms with Gasteiger partial charge in [-0.25, -0.2) is 8.42 Å². The molecule has 0 bridgehead atoms. The molecule has 1 aliphatic heterocycles. The van der Waals surface area contributed by atoms with E-state index < -0.39 is 10.0 Å². The number of hydrogen-bond donors (Lipinski definition) is 0. The van der Waals surface area contributed by atoms with E-state index in [1.807, 2.05) is 0 Å². The van der Waals surface area contributed by atoms with Crippen LogP contribution in [-0.4, -0.2) is 37.3 Å². The van der Waals surface area contributed by atoms with Crippen molar-refractivity contribution >= 4 is 60.7 Å². The van der Waals surface area contributed by atoms with Crippen molar-refractivity contribution < 1.29 is 8.42 Å². The lowest BCUT2D eigenvalue weighted by atomic mass is 10.6. The van der Waals surface area contributed by atoms with Crippen LogP contribution in [-0.2, 0) is 10.0 Å². The number of sulfonamides is 1. The minimum absolute atomic E-state index is 0.316. The first-order chi connectivity index (χ1) is 7.51. The Labute approximate surface area is 116 Å². The molecule has 0 amide bonds. The Hall–Kier alpha value is 0.730. The van der Waals surface area contributed by atoms with Crippen LogP contribution >= 0.6 is 50.6 Å². The van der Waals surface area contributed by atoms with Gasteiger partial charge in [0.05, 0.1) is 8.81 Å². The molecule has 0 aliphatic carbocycles. The van der Waals surface area contributed by atoms with Crippen molar-refractivity contribution in [1.82, 2.24) is 4.31 Å². The summed E-state index contributed by atoms with van der Waals surface area (Å²) in [7, 11) is -3.34. The summed E-state index contributed by atoms with van der Waals surface area (Å²) in [6.07, 6.45) is 0. The summed E-state index contributed by atoms with van der Waals surface area (Å²) in [5.41, 5.74) is 0. The molecule has 0 aromatic carbocycles. The molecular weight excluding hydrogens is 354 g/mol. The first-order valence-electron chi connectivity index (χ1n) is 4.54. The van der Waals surface area contributed by atoms with Gasteiger partial charge in [0, 0.05) is 24.6 Å². The van der Waals surface area contributed by atoms with Crippen LogP contribution in [0.2, 0.25) is 5.02 Å². The van der Waals surface area contributed by atoms with E-state index >= 15 is 0 Å². The number of thiophene rings is 1.